The third-order valence-electron chi connectivity index (χ3n) is 10.2. The van der Waals surface area contributed by atoms with Gasteiger partial charge in [-0.05, 0) is 69.3 Å². The molecular weight excluding hydrogens is 709 g/mol. The van der Waals surface area contributed by atoms with Gasteiger partial charge in [0, 0.05) is 93.3 Å². The van der Waals surface area contributed by atoms with Crippen molar-refractivity contribution < 1.29 is 14.2 Å². The maximum atomic E-state index is 6.46. The van der Waals surface area contributed by atoms with Crippen molar-refractivity contribution in [3.05, 3.63) is 144 Å². The van der Waals surface area contributed by atoms with Crippen LogP contribution in [0.25, 0.3) is 32.7 Å². The zero-order valence-corrected chi connectivity index (χ0v) is 33.5. The maximum absolute atomic E-state index is 6.46. The van der Waals surface area contributed by atoms with Gasteiger partial charge >= 0.3 is 0 Å². The summed E-state index contributed by atoms with van der Waals surface area (Å²) in [4.78, 5) is 14.8. The fourth-order valence-corrected chi connectivity index (χ4v) is 7.25. The molecule has 0 fully saturated rings. The summed E-state index contributed by atoms with van der Waals surface area (Å²) >= 11 is 0. The predicted octanol–water partition coefficient (Wildman–Crippen LogP) is 8.72. The van der Waals surface area contributed by atoms with Crippen molar-refractivity contribution in [1.29, 1.82) is 0 Å². The molecule has 0 saturated heterocycles. The SMILES string of the molecule is CCn1ccc(=NCCCOc2cccc(OCCCN=c3ccn(CC)c4ccccc34)c2OCCCN=c2ccn(CC)c3ccccc23)c2ccccc21. The van der Waals surface area contributed by atoms with Gasteiger partial charge in [0.25, 0.3) is 0 Å². The molecule has 57 heavy (non-hydrogen) atoms. The molecule has 0 spiro atoms. The van der Waals surface area contributed by atoms with Gasteiger partial charge in [0.05, 0.1) is 52.4 Å². The Morgan fingerprint density at radius 3 is 1.12 bits per heavy atom. The maximum Gasteiger partial charge on any atom is 0.203 e. The molecule has 7 aromatic rings. The van der Waals surface area contributed by atoms with E-state index in [0.29, 0.717) is 56.7 Å². The highest BCUT2D eigenvalue weighted by atomic mass is 16.5. The first kappa shape index (κ1) is 39.2. The van der Waals surface area contributed by atoms with E-state index in [1.165, 1.54) is 16.6 Å². The minimum Gasteiger partial charge on any atom is -0.489 e. The molecule has 0 aliphatic heterocycles. The normalized spacial score (nSPS) is 12.6. The fourth-order valence-electron chi connectivity index (χ4n) is 7.25. The summed E-state index contributed by atoms with van der Waals surface area (Å²) < 4.78 is 25.9. The number of hydrogen-bond acceptors (Lipinski definition) is 6. The lowest BCUT2D eigenvalue weighted by Crippen LogP contribution is -2.11. The zero-order chi connectivity index (χ0) is 39.2. The highest BCUT2D eigenvalue weighted by molar-refractivity contribution is 5.80. The van der Waals surface area contributed by atoms with E-state index in [9.17, 15) is 0 Å². The lowest BCUT2D eigenvalue weighted by Gasteiger charge is -2.17. The van der Waals surface area contributed by atoms with Crippen molar-refractivity contribution in [2.24, 2.45) is 15.0 Å². The van der Waals surface area contributed by atoms with Crippen molar-refractivity contribution in [3.8, 4) is 17.2 Å². The van der Waals surface area contributed by atoms with Crippen LogP contribution in [0.5, 0.6) is 17.2 Å². The quantitative estimate of drug-likeness (QED) is 0.0821. The first-order valence-electron chi connectivity index (χ1n) is 20.5. The first-order chi connectivity index (χ1) is 28.2. The van der Waals surface area contributed by atoms with Gasteiger partial charge in [-0.25, -0.2) is 0 Å². The van der Waals surface area contributed by atoms with E-state index < -0.39 is 0 Å². The molecule has 0 aliphatic carbocycles. The molecule has 3 aromatic heterocycles. The number of para-hydroxylation sites is 4. The summed E-state index contributed by atoms with van der Waals surface area (Å²) in [6.45, 7) is 12.6. The Balaban J connectivity index is 1.02. The second-order valence-electron chi connectivity index (χ2n) is 13.8. The number of aryl methyl sites for hydroxylation is 3. The van der Waals surface area contributed by atoms with Gasteiger partial charge < -0.3 is 27.9 Å². The highest BCUT2D eigenvalue weighted by Gasteiger charge is 2.13. The summed E-state index contributed by atoms with van der Waals surface area (Å²) in [7, 11) is 0. The first-order valence-corrected chi connectivity index (χ1v) is 20.5. The van der Waals surface area contributed by atoms with Gasteiger partial charge in [-0.3, -0.25) is 15.0 Å². The predicted molar refractivity (Wildman–Crippen MR) is 231 cm³/mol. The molecule has 0 amide bonds. The molecule has 7 rings (SSSR count). The summed E-state index contributed by atoms with van der Waals surface area (Å²) in [6.07, 6.45) is 8.61. The number of pyridine rings is 3. The highest BCUT2D eigenvalue weighted by Crippen LogP contribution is 2.37. The average molecular weight is 763 g/mol. The minimum atomic E-state index is 0.475. The van der Waals surface area contributed by atoms with Gasteiger partial charge in [0.15, 0.2) is 11.5 Å². The van der Waals surface area contributed by atoms with E-state index in [2.05, 4.69) is 144 Å². The number of benzene rings is 4. The molecule has 0 N–H and O–H groups in total. The monoisotopic (exact) mass is 762 g/mol. The van der Waals surface area contributed by atoms with E-state index >= 15 is 0 Å². The Morgan fingerprint density at radius 1 is 0.404 bits per heavy atom. The van der Waals surface area contributed by atoms with Gasteiger partial charge in [0.2, 0.25) is 5.75 Å². The van der Waals surface area contributed by atoms with E-state index in [-0.39, 0.29) is 0 Å². The average Bonchev–Trinajstić information content (AvgIpc) is 3.26. The molecule has 0 saturated carbocycles. The van der Waals surface area contributed by atoms with Gasteiger partial charge in [-0.2, -0.15) is 0 Å². The molecule has 0 aliphatic rings. The van der Waals surface area contributed by atoms with Crippen LogP contribution in [-0.4, -0.2) is 53.2 Å². The smallest absolute Gasteiger partial charge is 0.203 e. The third-order valence-corrected chi connectivity index (χ3v) is 10.2. The molecule has 3 heterocycles. The van der Waals surface area contributed by atoms with Crippen LogP contribution in [0.4, 0.5) is 0 Å². The summed E-state index contributed by atoms with van der Waals surface area (Å²) in [5.74, 6) is 1.96. The Bertz CT molecular complexity index is 2510. The van der Waals surface area contributed by atoms with E-state index in [0.717, 1.165) is 71.1 Å². The van der Waals surface area contributed by atoms with Crippen LogP contribution < -0.4 is 30.3 Å². The number of rotatable bonds is 18. The van der Waals surface area contributed by atoms with Crippen molar-refractivity contribution in [2.45, 2.75) is 59.7 Å². The Morgan fingerprint density at radius 2 is 0.754 bits per heavy atom. The van der Waals surface area contributed by atoms with Crippen LogP contribution in [0.15, 0.2) is 143 Å². The van der Waals surface area contributed by atoms with E-state index in [1.807, 2.05) is 18.2 Å². The second kappa shape index (κ2) is 19.7. The van der Waals surface area contributed by atoms with Gasteiger partial charge in [-0.15, -0.1) is 0 Å². The number of ether oxygens (including phenoxy) is 3. The molecule has 294 valence electrons. The number of hydrogen-bond donors (Lipinski definition) is 0. The second-order valence-corrected chi connectivity index (χ2v) is 13.8. The molecular formula is C48H54N6O3. The van der Waals surface area contributed by atoms with Crippen molar-refractivity contribution in [1.82, 2.24) is 13.7 Å². The molecule has 0 atom stereocenters. The summed E-state index contributed by atoms with van der Waals surface area (Å²) in [5, 5.41) is 6.49. The third kappa shape index (κ3) is 9.48. The molecule has 9 nitrogen and oxygen atoms in total. The Hall–Kier alpha value is -6.09. The topological polar surface area (TPSA) is 79.6 Å². The molecule has 0 bridgehead atoms. The number of aromatic nitrogens is 3. The lowest BCUT2D eigenvalue weighted by atomic mass is 10.2. The Kier molecular flexibility index (Phi) is 13.5. The minimum absolute atomic E-state index is 0.475. The van der Waals surface area contributed by atoms with Crippen molar-refractivity contribution >= 4 is 32.7 Å². The molecule has 0 radical (unpaired) electrons. The van der Waals surface area contributed by atoms with Crippen LogP contribution in [0.1, 0.15) is 40.0 Å². The zero-order valence-electron chi connectivity index (χ0n) is 33.5. The molecule has 9 heteroatoms. The fraction of sp³-hybridized carbons (Fsp3) is 0.312. The van der Waals surface area contributed by atoms with Crippen LogP contribution in [-0.2, 0) is 19.6 Å². The summed E-state index contributed by atoms with van der Waals surface area (Å²) in [5.41, 5.74) is 3.57. The van der Waals surface area contributed by atoms with Crippen LogP contribution in [0.3, 0.4) is 0 Å². The van der Waals surface area contributed by atoms with Crippen LogP contribution in [0, 0.1) is 0 Å². The van der Waals surface area contributed by atoms with Crippen molar-refractivity contribution in [2.75, 3.05) is 39.5 Å². The van der Waals surface area contributed by atoms with Gasteiger partial charge in [0.1, 0.15) is 0 Å². The van der Waals surface area contributed by atoms with E-state index in [4.69, 9.17) is 29.2 Å². The van der Waals surface area contributed by atoms with Crippen LogP contribution in [0.2, 0.25) is 0 Å². The number of nitrogens with zero attached hydrogens (tertiary/aromatic N) is 6. The molecule has 0 unspecified atom stereocenters. The molecule has 4 aromatic carbocycles. The lowest BCUT2D eigenvalue weighted by molar-refractivity contribution is 0.240. The standard InChI is InChI=1S/C48H54N6O3/c1-4-52-31-25-40(37-17-7-10-20-43(37)52)49-28-14-34-55-46-23-13-24-47(56-35-15-29-50-41-26-32-53(5-2)44-21-11-8-18-38(41)44)48(46)57-36-16-30-51-42-27-33-54(6-3)45-22-12-9-19-39(42)45/h7-13,17-27,31-33H,4-6,14-16,28-30,34-36H2,1-3H3. The summed E-state index contributed by atoms with van der Waals surface area (Å²) in [6, 6.07) is 37.5. The van der Waals surface area contributed by atoms with Crippen molar-refractivity contribution in [3.63, 3.8) is 0 Å². The van der Waals surface area contributed by atoms with Gasteiger partial charge in [-0.1, -0.05) is 60.7 Å². The largest absolute Gasteiger partial charge is 0.489 e. The van der Waals surface area contributed by atoms with E-state index in [1.54, 1.807) is 0 Å². The van der Waals surface area contributed by atoms with Crippen LogP contribution >= 0.6 is 0 Å². The Labute approximate surface area is 334 Å². The number of fused-ring (bicyclic) bond motifs is 3.